The Morgan fingerprint density at radius 1 is 1.35 bits per heavy atom. The summed E-state index contributed by atoms with van der Waals surface area (Å²) in [5.74, 6) is 0.355. The van der Waals surface area contributed by atoms with Crippen molar-refractivity contribution in [1.29, 1.82) is 0 Å². The number of rotatable bonds is 4. The minimum absolute atomic E-state index is 0.00118. The van der Waals surface area contributed by atoms with E-state index in [1.807, 2.05) is 32.0 Å². The van der Waals surface area contributed by atoms with Gasteiger partial charge in [0, 0.05) is 11.6 Å². The number of nitrogens with zero attached hydrogens (tertiary/aromatic N) is 1. The van der Waals surface area contributed by atoms with E-state index in [1.165, 1.54) is 17.8 Å². The molecular formula is C14H15N3O2S. The maximum Gasteiger partial charge on any atom is 0.253 e. The number of ketones is 1. The van der Waals surface area contributed by atoms with Crippen LogP contribution in [0.2, 0.25) is 0 Å². The summed E-state index contributed by atoms with van der Waals surface area (Å²) in [6, 6.07) is 6.97. The van der Waals surface area contributed by atoms with E-state index in [-0.39, 0.29) is 22.9 Å². The van der Waals surface area contributed by atoms with Gasteiger partial charge in [-0.3, -0.25) is 9.59 Å². The Hall–Kier alpha value is -2.08. The molecule has 5 nitrogen and oxygen atoms in total. The number of nitrogens with two attached hydrogens (primary N) is 1. The van der Waals surface area contributed by atoms with E-state index in [0.717, 1.165) is 11.1 Å². The normalized spacial score (nSPS) is 10.5. The predicted octanol–water partition coefficient (Wildman–Crippen LogP) is 1.94. The number of aromatic amines is 1. The molecule has 0 bridgehead atoms. The van der Waals surface area contributed by atoms with Crippen molar-refractivity contribution in [1.82, 2.24) is 9.97 Å². The standard InChI is InChI=1S/C14H15N3O2S/c1-8-3-4-9(2)10(5-8)11(18)7-20-14-16-12(15)6-13(19)17-14/h3-6H,7H2,1-2H3,(H3,15,16,17,19). The highest BCUT2D eigenvalue weighted by molar-refractivity contribution is 7.99. The highest BCUT2D eigenvalue weighted by Crippen LogP contribution is 2.17. The number of carbonyl (C=O) groups excluding carboxylic acids is 1. The average Bonchev–Trinajstić information content (AvgIpc) is 2.38. The molecule has 2 rings (SSSR count). The van der Waals surface area contributed by atoms with Crippen LogP contribution in [0.3, 0.4) is 0 Å². The van der Waals surface area contributed by atoms with Crippen LogP contribution >= 0.6 is 11.8 Å². The van der Waals surface area contributed by atoms with Crippen LogP contribution in [0.1, 0.15) is 21.5 Å². The lowest BCUT2D eigenvalue weighted by atomic mass is 10.0. The second-order valence-electron chi connectivity index (χ2n) is 4.51. The van der Waals surface area contributed by atoms with Gasteiger partial charge in [-0.15, -0.1) is 0 Å². The van der Waals surface area contributed by atoms with E-state index in [9.17, 15) is 9.59 Å². The second-order valence-corrected chi connectivity index (χ2v) is 5.47. The van der Waals surface area contributed by atoms with Gasteiger partial charge in [0.05, 0.1) is 5.75 Å². The number of hydrogen-bond donors (Lipinski definition) is 2. The highest BCUT2D eigenvalue weighted by Gasteiger charge is 2.11. The molecule has 20 heavy (non-hydrogen) atoms. The van der Waals surface area contributed by atoms with Gasteiger partial charge < -0.3 is 10.7 Å². The Kier molecular flexibility index (Phi) is 4.24. The second kappa shape index (κ2) is 5.92. The van der Waals surface area contributed by atoms with E-state index in [4.69, 9.17) is 5.73 Å². The Balaban J connectivity index is 2.12. The molecule has 0 aliphatic rings. The molecule has 0 aliphatic heterocycles. The number of nitrogens with one attached hydrogen (secondary N) is 1. The number of Topliss-reactive ketones (excluding diaryl/α,β-unsaturated/α-hetero) is 1. The minimum atomic E-state index is -0.320. The summed E-state index contributed by atoms with van der Waals surface area (Å²) < 4.78 is 0. The molecule has 3 N–H and O–H groups in total. The van der Waals surface area contributed by atoms with Crippen LogP contribution in [0.5, 0.6) is 0 Å². The van der Waals surface area contributed by atoms with Crippen molar-refractivity contribution in [3.05, 3.63) is 51.3 Å². The zero-order valence-corrected chi connectivity index (χ0v) is 12.1. The summed E-state index contributed by atoms with van der Waals surface area (Å²) in [6.45, 7) is 3.85. The summed E-state index contributed by atoms with van der Waals surface area (Å²) >= 11 is 1.17. The quantitative estimate of drug-likeness (QED) is 0.510. The lowest BCUT2D eigenvalue weighted by Crippen LogP contribution is -2.11. The first-order chi connectivity index (χ1) is 9.45. The topological polar surface area (TPSA) is 88.8 Å². The summed E-state index contributed by atoms with van der Waals surface area (Å²) in [4.78, 5) is 30.0. The average molecular weight is 289 g/mol. The molecule has 0 atom stereocenters. The van der Waals surface area contributed by atoms with Gasteiger partial charge in [0.1, 0.15) is 5.82 Å². The molecule has 0 radical (unpaired) electrons. The van der Waals surface area contributed by atoms with E-state index in [0.29, 0.717) is 10.7 Å². The van der Waals surface area contributed by atoms with Crippen molar-refractivity contribution in [3.63, 3.8) is 0 Å². The molecule has 0 saturated heterocycles. The molecule has 0 fully saturated rings. The third kappa shape index (κ3) is 3.48. The molecule has 104 valence electrons. The third-order valence-corrected chi connectivity index (χ3v) is 3.65. The Morgan fingerprint density at radius 2 is 2.10 bits per heavy atom. The smallest absolute Gasteiger partial charge is 0.253 e. The molecular weight excluding hydrogens is 274 g/mol. The number of aryl methyl sites for hydroxylation is 2. The SMILES string of the molecule is Cc1ccc(C)c(C(=O)CSc2nc(N)cc(=O)[nH]2)c1. The van der Waals surface area contributed by atoms with Crippen LogP contribution in [0.15, 0.2) is 34.2 Å². The van der Waals surface area contributed by atoms with Gasteiger partial charge in [-0.05, 0) is 25.5 Å². The molecule has 2 aromatic rings. The number of carbonyl (C=O) groups is 1. The monoisotopic (exact) mass is 289 g/mol. The van der Waals surface area contributed by atoms with Crippen LogP contribution in [-0.4, -0.2) is 21.5 Å². The van der Waals surface area contributed by atoms with E-state index in [1.54, 1.807) is 0 Å². The maximum atomic E-state index is 12.2. The molecule has 0 spiro atoms. The van der Waals surface area contributed by atoms with Crippen molar-refractivity contribution >= 4 is 23.4 Å². The number of H-pyrrole nitrogens is 1. The van der Waals surface area contributed by atoms with Crippen molar-refractivity contribution in [2.24, 2.45) is 0 Å². The lowest BCUT2D eigenvalue weighted by molar-refractivity contribution is 0.102. The molecule has 0 saturated carbocycles. The van der Waals surface area contributed by atoms with Crippen LogP contribution < -0.4 is 11.3 Å². The van der Waals surface area contributed by atoms with Gasteiger partial charge in [-0.1, -0.05) is 29.5 Å². The predicted molar refractivity (Wildman–Crippen MR) is 80.2 cm³/mol. The van der Waals surface area contributed by atoms with Crippen molar-refractivity contribution in [2.75, 3.05) is 11.5 Å². The third-order valence-electron chi connectivity index (χ3n) is 2.77. The number of thioether (sulfide) groups is 1. The molecule has 1 aromatic carbocycles. The van der Waals surface area contributed by atoms with Crippen molar-refractivity contribution in [2.45, 2.75) is 19.0 Å². The number of benzene rings is 1. The van der Waals surface area contributed by atoms with E-state index < -0.39 is 0 Å². The van der Waals surface area contributed by atoms with Crippen LogP contribution in [0.25, 0.3) is 0 Å². The number of aromatic nitrogens is 2. The molecule has 6 heteroatoms. The molecule has 0 amide bonds. The Morgan fingerprint density at radius 3 is 2.80 bits per heavy atom. The van der Waals surface area contributed by atoms with Gasteiger partial charge in [0.25, 0.3) is 5.56 Å². The number of nitrogen functional groups attached to an aromatic ring is 1. The van der Waals surface area contributed by atoms with Gasteiger partial charge >= 0.3 is 0 Å². The molecule has 0 aliphatic carbocycles. The molecule has 0 unspecified atom stereocenters. The number of anilines is 1. The van der Waals surface area contributed by atoms with Crippen LogP contribution in [0, 0.1) is 13.8 Å². The summed E-state index contributed by atoms with van der Waals surface area (Å²) in [7, 11) is 0. The first kappa shape index (κ1) is 14.3. The fourth-order valence-corrected chi connectivity index (χ4v) is 2.54. The van der Waals surface area contributed by atoms with E-state index >= 15 is 0 Å². The number of hydrogen-bond acceptors (Lipinski definition) is 5. The lowest BCUT2D eigenvalue weighted by Gasteiger charge is -2.06. The Bertz CT molecular complexity index is 710. The zero-order valence-electron chi connectivity index (χ0n) is 11.3. The maximum absolute atomic E-state index is 12.2. The zero-order chi connectivity index (χ0) is 14.7. The first-order valence-corrected chi connectivity index (χ1v) is 7.04. The van der Waals surface area contributed by atoms with Gasteiger partial charge in [0.15, 0.2) is 10.9 Å². The van der Waals surface area contributed by atoms with Crippen LogP contribution in [-0.2, 0) is 0 Å². The largest absolute Gasteiger partial charge is 0.383 e. The summed E-state index contributed by atoms with van der Waals surface area (Å²) in [5.41, 5.74) is 7.85. The fourth-order valence-electron chi connectivity index (χ4n) is 1.77. The van der Waals surface area contributed by atoms with E-state index in [2.05, 4.69) is 9.97 Å². The fraction of sp³-hybridized carbons (Fsp3) is 0.214. The highest BCUT2D eigenvalue weighted by atomic mass is 32.2. The van der Waals surface area contributed by atoms with Gasteiger partial charge in [-0.2, -0.15) is 0 Å². The molecule has 1 aromatic heterocycles. The van der Waals surface area contributed by atoms with Crippen LogP contribution in [0.4, 0.5) is 5.82 Å². The van der Waals surface area contributed by atoms with Gasteiger partial charge in [-0.25, -0.2) is 4.98 Å². The molecule has 1 heterocycles. The summed E-state index contributed by atoms with van der Waals surface area (Å²) in [5, 5.41) is 0.355. The van der Waals surface area contributed by atoms with Crippen molar-refractivity contribution in [3.8, 4) is 0 Å². The Labute approximate surface area is 120 Å². The minimum Gasteiger partial charge on any atom is -0.383 e. The van der Waals surface area contributed by atoms with Crippen molar-refractivity contribution < 1.29 is 4.79 Å². The summed E-state index contributed by atoms with van der Waals surface area (Å²) in [6.07, 6.45) is 0. The van der Waals surface area contributed by atoms with Gasteiger partial charge in [0.2, 0.25) is 0 Å². The first-order valence-electron chi connectivity index (χ1n) is 6.06.